The van der Waals surface area contributed by atoms with Crippen molar-refractivity contribution in [2.75, 3.05) is 13.1 Å². The molecule has 0 saturated heterocycles. The van der Waals surface area contributed by atoms with Crippen LogP contribution in [0.4, 0.5) is 4.79 Å². The van der Waals surface area contributed by atoms with E-state index in [1.165, 1.54) is 0 Å². The third-order valence-corrected chi connectivity index (χ3v) is 8.52. The van der Waals surface area contributed by atoms with Crippen LogP contribution in [0.25, 0.3) is 0 Å². The molecule has 21 nitrogen and oxygen atoms in total. The summed E-state index contributed by atoms with van der Waals surface area (Å²) < 4.78 is 0. The average molecular weight is 1610 g/mol. The number of carboxylic acid groups (broad SMARTS) is 4. The minimum absolute atomic E-state index is 0. The van der Waals surface area contributed by atoms with Crippen LogP contribution >= 0.6 is 0 Å². The van der Waals surface area contributed by atoms with E-state index in [-0.39, 0.29) is 196 Å². The van der Waals surface area contributed by atoms with Crippen LogP contribution in [-0.2, 0) is 63.6 Å². The summed E-state index contributed by atoms with van der Waals surface area (Å²) >= 11 is 0. The number of hydrogen-bond donors (Lipinski definition) is 9. The first-order valence-electron chi connectivity index (χ1n) is 19.3. The Bertz CT molecular complexity index is 1570. The molecule has 0 aliphatic rings. The molecule has 29 heteroatoms. The second kappa shape index (κ2) is 59.7. The normalized spacial score (nSPS) is 10.2. The molecule has 4 amide bonds. The molecule has 1 radical (unpaired) electrons. The minimum atomic E-state index is -1.50. The Morgan fingerprint density at radius 3 is 1.26 bits per heavy atom. The molecule has 401 valence electrons. The first kappa shape index (κ1) is 89.3. The second-order valence-corrected chi connectivity index (χ2v) is 12.9. The topological polar surface area (TPSA) is 338 Å². The van der Waals surface area contributed by atoms with E-state index >= 15 is 0 Å². The molecule has 0 saturated carbocycles. The maximum Gasteiger partial charge on any atom is 0.326 e. The number of nitrogens with zero attached hydrogens (tertiary/aromatic N) is 2. The number of carbonyl (C=O) groups excluding carboxylic acids is 6. The number of aliphatic carboxylic acids is 4. The second-order valence-electron chi connectivity index (χ2n) is 12.9. The maximum absolute atomic E-state index is 12.4. The number of hydrogen-bond acceptors (Lipinski definition) is 13. The summed E-state index contributed by atoms with van der Waals surface area (Å²) in [4.78, 5) is 115. The Morgan fingerprint density at radius 1 is 0.478 bits per heavy atom. The SMILES string of the molecule is C=O.C=O.C=O.O=C(O)CCC(NC(=O)NC(CCCCNC(=O)CCCCCCC(=O)NC(CCCCNC(c1ccccn1)c1ccccn1)C(=O)O)C(=O)O)C(=O)O.[Br-].[Br-].[Br-].[Br-].[Br-].[Br-].[Br-].[Re]. The summed E-state index contributed by atoms with van der Waals surface area (Å²) in [6, 6.07) is 6.27. The number of pyridine rings is 2. The van der Waals surface area contributed by atoms with Crippen LogP contribution < -0.4 is 145 Å². The fraction of sp³-hybridized carbons (Fsp3) is 0.500. The summed E-state index contributed by atoms with van der Waals surface area (Å²) in [6.45, 7) is 6.88. The van der Waals surface area contributed by atoms with Crippen LogP contribution in [0.2, 0.25) is 0 Å². The molecule has 9 N–H and O–H groups in total. The monoisotopic (exact) mass is 1600 g/mol. The molecule has 2 heterocycles. The molecule has 2 rings (SSSR count). The first-order valence-corrected chi connectivity index (χ1v) is 19.3. The van der Waals surface area contributed by atoms with Gasteiger partial charge in [0.2, 0.25) is 11.8 Å². The summed E-state index contributed by atoms with van der Waals surface area (Å²) in [6.07, 6.45) is 7.85. The Morgan fingerprint density at radius 2 is 0.870 bits per heavy atom. The van der Waals surface area contributed by atoms with Crippen LogP contribution in [0.15, 0.2) is 48.8 Å². The molecule has 69 heavy (non-hydrogen) atoms. The van der Waals surface area contributed by atoms with Gasteiger partial charge in [0.15, 0.2) is 0 Å². The van der Waals surface area contributed by atoms with Gasteiger partial charge in [0, 0.05) is 58.6 Å². The van der Waals surface area contributed by atoms with Crippen LogP contribution in [-0.4, -0.2) is 124 Å². The fourth-order valence-corrected chi connectivity index (χ4v) is 5.55. The summed E-state index contributed by atoms with van der Waals surface area (Å²) in [5.41, 5.74) is 1.65. The van der Waals surface area contributed by atoms with E-state index in [1.54, 1.807) is 12.4 Å². The van der Waals surface area contributed by atoms with Gasteiger partial charge >= 0.3 is 29.9 Å². The number of carbonyl (C=O) groups is 10. The Labute approximate surface area is 489 Å². The van der Waals surface area contributed by atoms with Gasteiger partial charge in [-0.05, 0) is 88.6 Å². The quantitative estimate of drug-likeness (QED) is 0.0342. The Balaban J connectivity index is -0.000000298. The third kappa shape index (κ3) is 46.2. The van der Waals surface area contributed by atoms with Crippen LogP contribution in [0.1, 0.15) is 107 Å². The number of halogens is 7. The smallest absolute Gasteiger partial charge is 0.326 e. The number of rotatable bonds is 29. The van der Waals surface area contributed by atoms with E-state index < -0.39 is 54.5 Å². The van der Waals surface area contributed by atoms with Gasteiger partial charge in [-0.2, -0.15) is 0 Å². The van der Waals surface area contributed by atoms with E-state index in [1.807, 2.05) is 56.8 Å². The Hall–Kier alpha value is -2.62. The van der Waals surface area contributed by atoms with E-state index in [4.69, 9.17) is 24.6 Å². The number of carboxylic acids is 4. The standard InChI is InChI=1S/C37H53N7O11.3CH2O.7BrH.Re/c45-30(40-23-11-7-16-28(35(51)52)43-37(55)44-29(36(53)54)19-20-32(47)48)17-3-1-2-4-18-31(46)42-27(34(49)50)15-8-12-24-41-33(25-13-5-9-21-38-25)26-14-6-10-22-39-26;3*1-2;;;;;;;;/h5-6,9-10,13-14,21-22,27-29,33,41H,1-4,7-8,11-12,15-20,23-24H2,(H,40,45)(H,42,46)(H,47,48)(H,49,50)(H,51,52)(H,53,54)(H2,43,44,55);3*1H2;7*1H;/p-7. The maximum atomic E-state index is 12.4. The van der Waals surface area contributed by atoms with Gasteiger partial charge in [-0.3, -0.25) is 24.4 Å². The van der Waals surface area contributed by atoms with Crippen molar-refractivity contribution in [1.29, 1.82) is 0 Å². The van der Waals surface area contributed by atoms with E-state index in [2.05, 4.69) is 36.6 Å². The third-order valence-electron chi connectivity index (χ3n) is 8.52. The van der Waals surface area contributed by atoms with E-state index in [9.17, 15) is 43.8 Å². The van der Waals surface area contributed by atoms with Gasteiger partial charge in [0.25, 0.3) is 0 Å². The van der Waals surface area contributed by atoms with Crippen molar-refractivity contribution >= 4 is 62.1 Å². The zero-order valence-electron chi connectivity index (χ0n) is 37.2. The molecule has 0 bridgehead atoms. The number of urea groups is 1. The predicted octanol–water partition coefficient (Wildman–Crippen LogP) is -18.9. The molecule has 0 spiro atoms. The zero-order valence-corrected chi connectivity index (χ0v) is 51.0. The number of unbranched alkanes of at least 4 members (excludes halogenated alkanes) is 5. The number of aromatic nitrogens is 2. The fourth-order valence-electron chi connectivity index (χ4n) is 5.55. The van der Waals surface area contributed by atoms with Gasteiger partial charge in [-0.1, -0.05) is 25.0 Å². The van der Waals surface area contributed by atoms with E-state index in [0.29, 0.717) is 57.9 Å². The molecule has 0 aromatic carbocycles. The Kier molecular flexibility index (Phi) is 77.2. The summed E-state index contributed by atoms with van der Waals surface area (Å²) in [7, 11) is 0. The zero-order chi connectivity index (χ0) is 46.4. The van der Waals surface area contributed by atoms with Gasteiger partial charge in [0.05, 0.1) is 17.4 Å². The summed E-state index contributed by atoms with van der Waals surface area (Å²) in [5, 5.41) is 49.9. The van der Waals surface area contributed by atoms with Crippen molar-refractivity contribution in [3.63, 3.8) is 0 Å². The van der Waals surface area contributed by atoms with Crippen molar-refractivity contribution in [2.24, 2.45) is 0 Å². The van der Waals surface area contributed by atoms with Crippen LogP contribution in [0.5, 0.6) is 0 Å². The number of amides is 4. The van der Waals surface area contributed by atoms with Gasteiger partial charge < -0.3 is 180 Å². The van der Waals surface area contributed by atoms with Crippen molar-refractivity contribution in [3.05, 3.63) is 60.2 Å². The van der Waals surface area contributed by atoms with Crippen LogP contribution in [0, 0.1) is 0 Å². The molecule has 0 aliphatic heterocycles. The van der Waals surface area contributed by atoms with Crippen molar-refractivity contribution in [1.82, 2.24) is 36.6 Å². The molecule has 2 aromatic rings. The molecule has 3 unspecified atom stereocenters. The van der Waals surface area contributed by atoms with Crippen molar-refractivity contribution in [3.8, 4) is 0 Å². The molecule has 0 aliphatic carbocycles. The summed E-state index contributed by atoms with van der Waals surface area (Å²) in [5.74, 6) is -5.63. The minimum Gasteiger partial charge on any atom is -1.00 e. The largest absolute Gasteiger partial charge is 1.00 e. The van der Waals surface area contributed by atoms with E-state index in [0.717, 1.165) is 11.4 Å². The predicted molar refractivity (Wildman–Crippen MR) is 219 cm³/mol. The van der Waals surface area contributed by atoms with Crippen molar-refractivity contribution < 1.29 is 208 Å². The van der Waals surface area contributed by atoms with Gasteiger partial charge in [-0.15, -0.1) is 0 Å². The molecule has 3 atom stereocenters. The average Bonchev–Trinajstić information content (AvgIpc) is 3.26. The molecule has 2 aromatic heterocycles. The molecular formula is C40H59Br7N7O14Re-7. The first-order chi connectivity index (χ1) is 29.4. The van der Waals surface area contributed by atoms with Gasteiger partial charge in [-0.25, -0.2) is 19.2 Å². The molecule has 0 fully saturated rings. The molecular weight excluding hydrogens is 1550 g/mol. The van der Waals surface area contributed by atoms with Crippen LogP contribution in [0.3, 0.4) is 0 Å². The van der Waals surface area contributed by atoms with Crippen molar-refractivity contribution in [2.45, 2.75) is 114 Å². The number of nitrogens with one attached hydrogen (secondary N) is 5. The van der Waals surface area contributed by atoms with Gasteiger partial charge in [0.1, 0.15) is 38.5 Å².